The summed E-state index contributed by atoms with van der Waals surface area (Å²) in [6.07, 6.45) is 3.20. The van der Waals surface area contributed by atoms with E-state index in [9.17, 15) is 4.79 Å². The molecule has 0 atom stereocenters. The number of aromatic nitrogens is 3. The van der Waals surface area contributed by atoms with Crippen LogP contribution in [0.2, 0.25) is 0 Å². The first kappa shape index (κ1) is 15.1. The molecule has 0 saturated carbocycles. The van der Waals surface area contributed by atoms with Crippen LogP contribution in [0.4, 0.5) is 0 Å². The number of carbonyl (C=O) groups is 1. The van der Waals surface area contributed by atoms with Gasteiger partial charge in [-0.2, -0.15) is 11.8 Å². The van der Waals surface area contributed by atoms with Gasteiger partial charge in [0.25, 0.3) is 5.91 Å². The Morgan fingerprint density at radius 2 is 2.15 bits per heavy atom. The van der Waals surface area contributed by atoms with Crippen LogP contribution in [0.5, 0.6) is 0 Å². The highest BCUT2D eigenvalue weighted by Crippen LogP contribution is 2.20. The van der Waals surface area contributed by atoms with Crippen molar-refractivity contribution < 1.29 is 4.79 Å². The minimum atomic E-state index is -0.0801. The molecule has 0 spiro atoms. The van der Waals surface area contributed by atoms with Crippen molar-refractivity contribution in [3.05, 3.63) is 40.9 Å². The number of hydrogen-bond acceptors (Lipinski definition) is 4. The van der Waals surface area contributed by atoms with Crippen LogP contribution in [0.15, 0.2) is 35.3 Å². The number of rotatable bonds is 6. The Hall–Kier alpha value is -1.34. The number of nitrogens with one attached hydrogen (secondary N) is 1. The van der Waals surface area contributed by atoms with Gasteiger partial charge in [0.2, 0.25) is 0 Å². The van der Waals surface area contributed by atoms with Gasteiger partial charge in [-0.1, -0.05) is 6.92 Å². The average Bonchev–Trinajstić information content (AvgIpc) is 2.98. The highest BCUT2D eigenvalue weighted by atomic mass is 79.9. The molecule has 0 fully saturated rings. The third-order valence-corrected chi connectivity index (χ3v) is 4.24. The minimum Gasteiger partial charge on any atom is -0.351 e. The lowest BCUT2D eigenvalue weighted by molar-refractivity contribution is 0.0955. The second kappa shape index (κ2) is 7.44. The lowest BCUT2D eigenvalue weighted by Crippen LogP contribution is -2.26. The molecule has 2 aromatic rings. The minimum absolute atomic E-state index is 0.0801. The molecule has 5 nitrogen and oxygen atoms in total. The van der Waals surface area contributed by atoms with E-state index >= 15 is 0 Å². The van der Waals surface area contributed by atoms with E-state index in [1.54, 1.807) is 29.0 Å². The van der Waals surface area contributed by atoms with Crippen LogP contribution in [0.1, 0.15) is 17.3 Å². The molecule has 0 aliphatic carbocycles. The monoisotopic (exact) mass is 354 g/mol. The summed E-state index contributed by atoms with van der Waals surface area (Å²) in [6, 6.07) is 5.57. The van der Waals surface area contributed by atoms with Crippen LogP contribution < -0.4 is 5.32 Å². The molecule has 1 aromatic heterocycles. The van der Waals surface area contributed by atoms with Crippen LogP contribution in [0.25, 0.3) is 5.69 Å². The van der Waals surface area contributed by atoms with E-state index in [2.05, 4.69) is 38.4 Å². The zero-order valence-electron chi connectivity index (χ0n) is 11.0. The normalized spacial score (nSPS) is 10.5. The summed E-state index contributed by atoms with van der Waals surface area (Å²) in [4.78, 5) is 12.2. The number of hydrogen-bond donors (Lipinski definition) is 1. The third-order valence-electron chi connectivity index (χ3n) is 2.65. The van der Waals surface area contributed by atoms with Crippen molar-refractivity contribution in [2.75, 3.05) is 18.1 Å². The molecule has 106 valence electrons. The molecule has 1 aromatic carbocycles. The summed E-state index contributed by atoms with van der Waals surface area (Å²) in [5.74, 6) is 1.90. The number of benzene rings is 1. The van der Waals surface area contributed by atoms with Crippen molar-refractivity contribution in [3.63, 3.8) is 0 Å². The van der Waals surface area contributed by atoms with E-state index in [1.165, 1.54) is 0 Å². The van der Waals surface area contributed by atoms with Crippen molar-refractivity contribution in [3.8, 4) is 5.69 Å². The van der Waals surface area contributed by atoms with E-state index in [-0.39, 0.29) is 5.91 Å². The van der Waals surface area contributed by atoms with Gasteiger partial charge < -0.3 is 5.32 Å². The summed E-state index contributed by atoms with van der Waals surface area (Å²) in [6.45, 7) is 2.77. The molecule has 7 heteroatoms. The highest BCUT2D eigenvalue weighted by molar-refractivity contribution is 9.10. The molecule has 20 heavy (non-hydrogen) atoms. The van der Waals surface area contributed by atoms with Crippen LogP contribution in [0.3, 0.4) is 0 Å². The van der Waals surface area contributed by atoms with E-state index in [0.29, 0.717) is 12.1 Å². The summed E-state index contributed by atoms with van der Waals surface area (Å²) in [5, 5.41) is 10.4. The van der Waals surface area contributed by atoms with Crippen molar-refractivity contribution in [2.24, 2.45) is 0 Å². The van der Waals surface area contributed by atoms with Crippen LogP contribution in [0, 0.1) is 0 Å². The van der Waals surface area contributed by atoms with Gasteiger partial charge in [-0.25, -0.2) is 0 Å². The van der Waals surface area contributed by atoms with Gasteiger partial charge in [0.1, 0.15) is 12.7 Å². The molecule has 0 bridgehead atoms. The summed E-state index contributed by atoms with van der Waals surface area (Å²) in [7, 11) is 0. The topological polar surface area (TPSA) is 59.8 Å². The number of nitrogens with zero attached hydrogens (tertiary/aromatic N) is 3. The van der Waals surface area contributed by atoms with Gasteiger partial charge in [0.05, 0.1) is 5.56 Å². The zero-order valence-corrected chi connectivity index (χ0v) is 13.4. The lowest BCUT2D eigenvalue weighted by Gasteiger charge is -2.09. The second-order valence-electron chi connectivity index (χ2n) is 3.99. The predicted octanol–water partition coefficient (Wildman–Crippen LogP) is 2.51. The van der Waals surface area contributed by atoms with Crippen molar-refractivity contribution in [1.82, 2.24) is 20.1 Å². The Labute approximate surface area is 130 Å². The zero-order chi connectivity index (χ0) is 14.4. The SMILES string of the molecule is CCSCCNC(=O)c1cc(-n2cnnc2)ccc1Br. The largest absolute Gasteiger partial charge is 0.351 e. The van der Waals surface area contributed by atoms with E-state index in [1.807, 2.05) is 18.2 Å². The Morgan fingerprint density at radius 3 is 2.85 bits per heavy atom. The Balaban J connectivity index is 2.10. The maximum atomic E-state index is 12.2. The molecule has 0 radical (unpaired) electrons. The fraction of sp³-hybridized carbons (Fsp3) is 0.308. The molecule has 0 aliphatic heterocycles. The fourth-order valence-corrected chi connectivity index (χ4v) is 2.62. The molecular formula is C13H15BrN4OS. The number of amides is 1. The molecular weight excluding hydrogens is 340 g/mol. The third kappa shape index (κ3) is 3.83. The first-order valence-electron chi connectivity index (χ1n) is 6.23. The molecule has 0 aliphatic rings. The number of carbonyl (C=O) groups excluding carboxylic acids is 1. The molecule has 1 amide bonds. The maximum absolute atomic E-state index is 12.2. The quantitative estimate of drug-likeness (QED) is 0.809. The van der Waals surface area contributed by atoms with Gasteiger partial charge in [-0.3, -0.25) is 9.36 Å². The number of thioether (sulfide) groups is 1. The molecule has 0 unspecified atom stereocenters. The Kier molecular flexibility index (Phi) is 5.60. The summed E-state index contributed by atoms with van der Waals surface area (Å²) in [5.41, 5.74) is 1.46. The molecule has 1 N–H and O–H groups in total. The van der Waals surface area contributed by atoms with E-state index < -0.39 is 0 Å². The van der Waals surface area contributed by atoms with Gasteiger partial charge in [0, 0.05) is 22.5 Å². The van der Waals surface area contributed by atoms with Gasteiger partial charge in [0.15, 0.2) is 0 Å². The Morgan fingerprint density at radius 1 is 1.40 bits per heavy atom. The van der Waals surface area contributed by atoms with E-state index in [0.717, 1.165) is 21.7 Å². The fourth-order valence-electron chi connectivity index (χ4n) is 1.66. The van der Waals surface area contributed by atoms with Crippen molar-refractivity contribution >= 4 is 33.6 Å². The van der Waals surface area contributed by atoms with Gasteiger partial charge >= 0.3 is 0 Å². The van der Waals surface area contributed by atoms with Crippen molar-refractivity contribution in [2.45, 2.75) is 6.92 Å². The van der Waals surface area contributed by atoms with Crippen LogP contribution >= 0.6 is 27.7 Å². The first-order chi connectivity index (χ1) is 9.72. The predicted molar refractivity (Wildman–Crippen MR) is 84.4 cm³/mol. The average molecular weight is 355 g/mol. The van der Waals surface area contributed by atoms with E-state index in [4.69, 9.17) is 0 Å². The second-order valence-corrected chi connectivity index (χ2v) is 6.23. The Bertz CT molecular complexity index is 574. The van der Waals surface area contributed by atoms with Gasteiger partial charge in [-0.15, -0.1) is 10.2 Å². The molecule has 1 heterocycles. The lowest BCUT2D eigenvalue weighted by atomic mass is 10.2. The smallest absolute Gasteiger partial charge is 0.252 e. The molecule has 0 saturated heterocycles. The maximum Gasteiger partial charge on any atom is 0.252 e. The summed E-state index contributed by atoms with van der Waals surface area (Å²) < 4.78 is 2.53. The van der Waals surface area contributed by atoms with Gasteiger partial charge in [-0.05, 0) is 39.9 Å². The van der Waals surface area contributed by atoms with Crippen LogP contribution in [-0.2, 0) is 0 Å². The van der Waals surface area contributed by atoms with Crippen molar-refractivity contribution in [1.29, 1.82) is 0 Å². The first-order valence-corrected chi connectivity index (χ1v) is 8.17. The number of halogens is 1. The summed E-state index contributed by atoms with van der Waals surface area (Å²) >= 11 is 5.21. The molecule has 2 rings (SSSR count). The highest BCUT2D eigenvalue weighted by Gasteiger charge is 2.11. The van der Waals surface area contributed by atoms with Crippen LogP contribution in [-0.4, -0.2) is 38.7 Å². The standard InChI is InChI=1S/C13H15BrN4OS/c1-2-20-6-5-15-13(19)11-7-10(3-4-12(11)14)18-8-16-17-9-18/h3-4,7-9H,2,5-6H2,1H3,(H,15,19).